The van der Waals surface area contributed by atoms with Gasteiger partial charge in [-0.2, -0.15) is 0 Å². The van der Waals surface area contributed by atoms with Crippen LogP contribution in [0.25, 0.3) is 0 Å². The minimum Gasteiger partial charge on any atom is -0.388 e. The van der Waals surface area contributed by atoms with Crippen molar-refractivity contribution in [1.29, 1.82) is 0 Å². The number of halogens is 1. The van der Waals surface area contributed by atoms with Gasteiger partial charge in [-0.25, -0.2) is 4.79 Å². The van der Waals surface area contributed by atoms with Crippen molar-refractivity contribution in [3.63, 3.8) is 0 Å². The number of anilines is 1. The van der Waals surface area contributed by atoms with E-state index in [1.54, 1.807) is 18.7 Å². The zero-order valence-corrected chi connectivity index (χ0v) is 13.1. The molecule has 2 rings (SSSR count). The van der Waals surface area contributed by atoms with Gasteiger partial charge in [0.25, 0.3) is 5.69 Å². The standard InChI is InChI=1S/C14H18ClN3O4/c1-14(2,20)12-4-3-7-17(12)13(19)16-9-5-6-11(18(21)22)10(15)8-9/h5-6,8,12,20H,3-4,7H2,1-2H3,(H,16,19)/t12-/m0/s1. The highest BCUT2D eigenvalue weighted by Gasteiger charge is 2.38. The Balaban J connectivity index is 2.12. The molecule has 1 saturated heterocycles. The van der Waals surface area contributed by atoms with E-state index in [0.717, 1.165) is 12.8 Å². The van der Waals surface area contributed by atoms with E-state index in [2.05, 4.69) is 5.32 Å². The molecule has 7 nitrogen and oxygen atoms in total. The molecule has 1 aliphatic heterocycles. The molecule has 120 valence electrons. The normalized spacial score (nSPS) is 18.4. The third-order valence-corrected chi connectivity index (χ3v) is 4.03. The number of nitrogens with zero attached hydrogens (tertiary/aromatic N) is 2. The van der Waals surface area contributed by atoms with Crippen LogP contribution in [0.15, 0.2) is 18.2 Å². The van der Waals surface area contributed by atoms with Crippen LogP contribution in [0.5, 0.6) is 0 Å². The van der Waals surface area contributed by atoms with Crippen LogP contribution in [-0.4, -0.2) is 39.1 Å². The fourth-order valence-corrected chi connectivity index (χ4v) is 2.92. The number of likely N-dealkylation sites (tertiary alicyclic amines) is 1. The topological polar surface area (TPSA) is 95.7 Å². The van der Waals surface area contributed by atoms with Crippen molar-refractivity contribution in [3.8, 4) is 0 Å². The van der Waals surface area contributed by atoms with Crippen molar-refractivity contribution in [2.45, 2.75) is 38.3 Å². The van der Waals surface area contributed by atoms with Crippen molar-refractivity contribution >= 4 is 29.0 Å². The number of rotatable bonds is 3. The van der Waals surface area contributed by atoms with Gasteiger partial charge in [-0.1, -0.05) is 11.6 Å². The summed E-state index contributed by atoms with van der Waals surface area (Å²) in [6, 6.07) is 3.40. The maximum atomic E-state index is 12.3. The van der Waals surface area contributed by atoms with E-state index < -0.39 is 10.5 Å². The third-order valence-electron chi connectivity index (χ3n) is 3.72. The summed E-state index contributed by atoms with van der Waals surface area (Å²) in [5, 5.41) is 23.5. The predicted octanol–water partition coefficient (Wildman–Crippen LogP) is 3.02. The summed E-state index contributed by atoms with van der Waals surface area (Å²) in [7, 11) is 0. The molecule has 0 bridgehead atoms. The summed E-state index contributed by atoms with van der Waals surface area (Å²) in [6.45, 7) is 3.90. The summed E-state index contributed by atoms with van der Waals surface area (Å²) < 4.78 is 0. The van der Waals surface area contributed by atoms with Gasteiger partial charge in [0.15, 0.2) is 0 Å². The molecule has 2 amide bonds. The lowest BCUT2D eigenvalue weighted by atomic mass is 9.97. The Morgan fingerprint density at radius 3 is 2.77 bits per heavy atom. The van der Waals surface area contributed by atoms with Crippen LogP contribution in [0.3, 0.4) is 0 Å². The number of nitro groups is 1. The van der Waals surface area contributed by atoms with Gasteiger partial charge in [0, 0.05) is 18.3 Å². The number of hydrogen-bond donors (Lipinski definition) is 2. The van der Waals surface area contributed by atoms with Crippen molar-refractivity contribution in [2.24, 2.45) is 0 Å². The molecule has 1 fully saturated rings. The number of hydrogen-bond acceptors (Lipinski definition) is 4. The van der Waals surface area contributed by atoms with Crippen LogP contribution in [0, 0.1) is 10.1 Å². The largest absolute Gasteiger partial charge is 0.388 e. The Labute approximate surface area is 133 Å². The second-order valence-corrected chi connectivity index (χ2v) is 6.27. The lowest BCUT2D eigenvalue weighted by molar-refractivity contribution is -0.384. The second kappa shape index (κ2) is 6.10. The summed E-state index contributed by atoms with van der Waals surface area (Å²) in [4.78, 5) is 24.0. The van der Waals surface area contributed by atoms with E-state index in [4.69, 9.17) is 11.6 Å². The Morgan fingerprint density at radius 1 is 1.55 bits per heavy atom. The quantitative estimate of drug-likeness (QED) is 0.659. The SMILES string of the molecule is CC(C)(O)[C@@H]1CCCN1C(=O)Nc1ccc([N+](=O)[O-])c(Cl)c1. The minimum atomic E-state index is -0.985. The molecule has 1 aliphatic rings. The lowest BCUT2D eigenvalue weighted by Crippen LogP contribution is -2.49. The smallest absolute Gasteiger partial charge is 0.322 e. The minimum absolute atomic E-state index is 0.0386. The molecule has 1 heterocycles. The molecule has 1 atom stereocenters. The van der Waals surface area contributed by atoms with Gasteiger partial charge in [0.2, 0.25) is 0 Å². The van der Waals surface area contributed by atoms with Crippen molar-refractivity contribution in [3.05, 3.63) is 33.3 Å². The maximum absolute atomic E-state index is 12.3. The van der Waals surface area contributed by atoms with Crippen molar-refractivity contribution in [2.75, 3.05) is 11.9 Å². The first-order valence-corrected chi connectivity index (χ1v) is 7.32. The molecular formula is C14H18ClN3O4. The van der Waals surface area contributed by atoms with Crippen LogP contribution in [0.4, 0.5) is 16.2 Å². The van der Waals surface area contributed by atoms with Gasteiger partial charge >= 0.3 is 6.03 Å². The number of urea groups is 1. The van der Waals surface area contributed by atoms with Crippen molar-refractivity contribution in [1.82, 2.24) is 4.90 Å². The molecular weight excluding hydrogens is 310 g/mol. The first-order valence-electron chi connectivity index (χ1n) is 6.94. The molecule has 1 aromatic carbocycles. The van der Waals surface area contributed by atoms with E-state index in [1.807, 2.05) is 0 Å². The zero-order valence-electron chi connectivity index (χ0n) is 12.4. The molecule has 8 heteroatoms. The summed E-state index contributed by atoms with van der Waals surface area (Å²) >= 11 is 5.82. The summed E-state index contributed by atoms with van der Waals surface area (Å²) in [6.07, 6.45) is 1.56. The monoisotopic (exact) mass is 327 g/mol. The number of nitro benzene ring substituents is 1. The average Bonchev–Trinajstić information content (AvgIpc) is 2.87. The van der Waals surface area contributed by atoms with Gasteiger partial charge in [-0.3, -0.25) is 10.1 Å². The number of amides is 2. The van der Waals surface area contributed by atoms with E-state index in [1.165, 1.54) is 18.2 Å². The lowest BCUT2D eigenvalue weighted by Gasteiger charge is -2.33. The van der Waals surface area contributed by atoms with E-state index >= 15 is 0 Å². The molecule has 0 aromatic heterocycles. The molecule has 0 saturated carbocycles. The number of nitrogens with one attached hydrogen (secondary N) is 1. The molecule has 1 aromatic rings. The fraction of sp³-hybridized carbons (Fsp3) is 0.500. The molecule has 0 unspecified atom stereocenters. The number of carbonyl (C=O) groups is 1. The summed E-state index contributed by atoms with van der Waals surface area (Å²) in [5.74, 6) is 0. The molecule has 0 spiro atoms. The number of benzene rings is 1. The van der Waals surface area contributed by atoms with Crippen LogP contribution < -0.4 is 5.32 Å². The van der Waals surface area contributed by atoms with Gasteiger partial charge in [0.1, 0.15) is 5.02 Å². The van der Waals surface area contributed by atoms with E-state index in [-0.39, 0.29) is 22.8 Å². The average molecular weight is 328 g/mol. The highest BCUT2D eigenvalue weighted by Crippen LogP contribution is 2.29. The number of aliphatic hydroxyl groups is 1. The Hall–Kier alpha value is -1.86. The van der Waals surface area contributed by atoms with Crippen molar-refractivity contribution < 1.29 is 14.8 Å². The Kier molecular flexibility index (Phi) is 4.58. The third kappa shape index (κ3) is 3.48. The first kappa shape index (κ1) is 16.5. The predicted molar refractivity (Wildman–Crippen MR) is 83.2 cm³/mol. The Bertz CT molecular complexity index is 600. The van der Waals surface area contributed by atoms with Gasteiger partial charge < -0.3 is 15.3 Å². The zero-order chi connectivity index (χ0) is 16.5. The highest BCUT2D eigenvalue weighted by atomic mass is 35.5. The molecule has 2 N–H and O–H groups in total. The molecule has 22 heavy (non-hydrogen) atoms. The molecule has 0 radical (unpaired) electrons. The van der Waals surface area contributed by atoms with Crippen LogP contribution in [-0.2, 0) is 0 Å². The van der Waals surface area contributed by atoms with Gasteiger partial charge in [0.05, 0.1) is 16.6 Å². The summed E-state index contributed by atoms with van der Waals surface area (Å²) in [5.41, 5.74) is -0.821. The van der Waals surface area contributed by atoms with E-state index in [9.17, 15) is 20.0 Å². The second-order valence-electron chi connectivity index (χ2n) is 5.86. The first-order chi connectivity index (χ1) is 10.2. The highest BCUT2D eigenvalue weighted by molar-refractivity contribution is 6.33. The van der Waals surface area contributed by atoms with Gasteiger partial charge in [-0.15, -0.1) is 0 Å². The van der Waals surface area contributed by atoms with Crippen LogP contribution >= 0.6 is 11.6 Å². The molecule has 0 aliphatic carbocycles. The van der Waals surface area contributed by atoms with Crippen LogP contribution in [0.1, 0.15) is 26.7 Å². The van der Waals surface area contributed by atoms with Gasteiger partial charge in [-0.05, 0) is 38.8 Å². The van der Waals surface area contributed by atoms with E-state index in [0.29, 0.717) is 12.2 Å². The van der Waals surface area contributed by atoms with Crippen LogP contribution in [0.2, 0.25) is 5.02 Å². The Morgan fingerprint density at radius 2 is 2.23 bits per heavy atom. The fourth-order valence-electron chi connectivity index (χ4n) is 2.67. The maximum Gasteiger partial charge on any atom is 0.322 e. The number of carbonyl (C=O) groups excluding carboxylic acids is 1.